The van der Waals surface area contributed by atoms with Crippen molar-refractivity contribution in [1.82, 2.24) is 34.0 Å². The minimum Gasteiger partial charge on any atom is -0.453 e. The second-order valence-electron chi connectivity index (χ2n) is 10.5. The maximum atomic E-state index is 13.6. The number of anilines is 2. The lowest BCUT2D eigenvalue weighted by Gasteiger charge is -2.15. The van der Waals surface area contributed by atoms with E-state index >= 15 is 0 Å². The number of nitrogens with one attached hydrogen (secondary N) is 2. The molecule has 13 heteroatoms. The van der Waals surface area contributed by atoms with Crippen LogP contribution in [0.1, 0.15) is 65.3 Å². The van der Waals surface area contributed by atoms with Crippen LogP contribution in [0.3, 0.4) is 0 Å². The first-order valence-electron chi connectivity index (χ1n) is 16.3. The van der Waals surface area contributed by atoms with Gasteiger partial charge in [0.25, 0.3) is 0 Å². The number of nitrogens with zero attached hydrogens (tertiary/aromatic N) is 6. The third-order valence-electron chi connectivity index (χ3n) is 8.04. The standard InChI is InChI=1S/C27H33N9O4/c1-13-8-21(33-36-22(13)15(3)30-24(36)27(23(28)37)11-14(27)2)32-20-10-18-19(12-29-20)34(4)26(39)35(18)17-7-6-16(9-17)31-25(38)40-5/h8,10,12,14,16-17H,6-7,9,11H2,1-5H3,(H2,28,37)(H,31,38)(H,29,32,33)/t14-,16+,17+,27-/m0/s1/i3D3,4D3,16D. The number of imidazole rings is 2. The van der Waals surface area contributed by atoms with E-state index in [9.17, 15) is 14.4 Å². The van der Waals surface area contributed by atoms with E-state index in [0.717, 1.165) is 0 Å². The second kappa shape index (κ2) is 9.07. The molecule has 0 unspecified atom stereocenters. The van der Waals surface area contributed by atoms with Crippen LogP contribution in [0.2, 0.25) is 0 Å². The zero-order valence-electron chi connectivity index (χ0n) is 29.1. The zero-order chi connectivity index (χ0) is 34.4. The van der Waals surface area contributed by atoms with Crippen molar-refractivity contribution in [3.63, 3.8) is 0 Å². The predicted octanol–water partition coefficient (Wildman–Crippen LogP) is 2.35. The molecule has 0 saturated heterocycles. The minimum absolute atomic E-state index is 0.0138. The van der Waals surface area contributed by atoms with Crippen LogP contribution < -0.4 is 22.1 Å². The Morgan fingerprint density at radius 2 is 2.08 bits per heavy atom. The molecule has 4 N–H and O–H groups in total. The molecule has 0 radical (unpaired) electrons. The molecule has 4 aromatic rings. The molecule has 4 aromatic heterocycles. The minimum atomic E-state index is -2.84. The van der Waals surface area contributed by atoms with Crippen LogP contribution >= 0.6 is 0 Å². The largest absolute Gasteiger partial charge is 0.453 e. The summed E-state index contributed by atoms with van der Waals surface area (Å²) in [5, 5.41) is 10.1. The average molecular weight is 555 g/mol. The molecule has 40 heavy (non-hydrogen) atoms. The normalized spacial score (nSPS) is 29.0. The highest BCUT2D eigenvalue weighted by Gasteiger charge is 2.60. The smallest absolute Gasteiger partial charge is 0.407 e. The number of amides is 2. The molecule has 0 spiro atoms. The highest BCUT2D eigenvalue weighted by atomic mass is 16.5. The van der Waals surface area contributed by atoms with Gasteiger partial charge in [-0.25, -0.2) is 24.1 Å². The highest BCUT2D eigenvalue weighted by Crippen LogP contribution is 2.53. The second-order valence-corrected chi connectivity index (χ2v) is 10.5. The van der Waals surface area contributed by atoms with Crippen LogP contribution in [0, 0.1) is 19.7 Å². The maximum Gasteiger partial charge on any atom is 0.407 e. The molecular weight excluding hydrogens is 514 g/mol. The number of nitrogens with two attached hydrogens (primary N) is 1. The molecule has 2 saturated carbocycles. The number of hydrogen-bond donors (Lipinski definition) is 3. The monoisotopic (exact) mass is 554 g/mol. The molecule has 4 atom stereocenters. The number of carbonyl (C=O) groups is 2. The molecular formula is C27H33N9O4. The van der Waals surface area contributed by atoms with Crippen molar-refractivity contribution >= 4 is 40.2 Å². The van der Waals surface area contributed by atoms with Gasteiger partial charge in [0.15, 0.2) is 5.82 Å². The molecule has 4 heterocycles. The summed E-state index contributed by atoms with van der Waals surface area (Å²) in [5.41, 5.74) is 4.53. The first-order valence-corrected chi connectivity index (χ1v) is 12.8. The average Bonchev–Trinajstić information content (AvgIpc) is 3.21. The van der Waals surface area contributed by atoms with E-state index < -0.39 is 49.0 Å². The molecule has 2 fully saturated rings. The molecule has 2 aliphatic rings. The Labute approximate surface area is 239 Å². The van der Waals surface area contributed by atoms with Gasteiger partial charge < -0.3 is 21.1 Å². The van der Waals surface area contributed by atoms with E-state index in [-0.39, 0.29) is 58.5 Å². The van der Waals surface area contributed by atoms with Crippen LogP contribution in [0.15, 0.2) is 23.1 Å². The van der Waals surface area contributed by atoms with Crippen molar-refractivity contribution in [3.05, 3.63) is 45.9 Å². The number of rotatable bonds is 6. The van der Waals surface area contributed by atoms with Crippen molar-refractivity contribution in [1.29, 1.82) is 0 Å². The first-order chi connectivity index (χ1) is 21.8. The lowest BCUT2D eigenvalue weighted by molar-refractivity contribution is -0.121. The molecule has 13 nitrogen and oxygen atoms in total. The van der Waals surface area contributed by atoms with Gasteiger partial charge >= 0.3 is 11.8 Å². The van der Waals surface area contributed by atoms with Crippen LogP contribution in [0.25, 0.3) is 16.6 Å². The van der Waals surface area contributed by atoms with Crippen molar-refractivity contribution in [3.8, 4) is 0 Å². The quantitative estimate of drug-likeness (QED) is 0.327. The van der Waals surface area contributed by atoms with Gasteiger partial charge in [0.1, 0.15) is 17.1 Å². The Bertz CT molecular complexity index is 2020. The van der Waals surface area contributed by atoms with E-state index in [4.69, 9.17) is 15.3 Å². The van der Waals surface area contributed by atoms with Gasteiger partial charge in [-0.15, -0.1) is 5.10 Å². The Kier molecular flexibility index (Phi) is 4.26. The van der Waals surface area contributed by atoms with Crippen molar-refractivity contribution < 1.29 is 23.9 Å². The van der Waals surface area contributed by atoms with Crippen molar-refractivity contribution in [2.45, 2.75) is 63.9 Å². The van der Waals surface area contributed by atoms with Crippen LogP contribution in [0.5, 0.6) is 0 Å². The summed E-state index contributed by atoms with van der Waals surface area (Å²) >= 11 is 0. The number of ether oxygens (including phenoxy) is 1. The topological polar surface area (TPSA) is 163 Å². The number of fused-ring (bicyclic) bond motifs is 2. The summed E-state index contributed by atoms with van der Waals surface area (Å²) in [6.07, 6.45) is 1.33. The predicted molar refractivity (Wildman–Crippen MR) is 148 cm³/mol. The fraction of sp³-hybridized carbons (Fsp3) is 0.481. The fourth-order valence-corrected chi connectivity index (χ4v) is 5.84. The maximum absolute atomic E-state index is 13.6. The number of pyridine rings is 1. The summed E-state index contributed by atoms with van der Waals surface area (Å²) < 4.78 is 64.8. The van der Waals surface area contributed by atoms with Gasteiger partial charge in [-0.3, -0.25) is 13.9 Å². The Balaban J connectivity index is 1.45. The summed E-state index contributed by atoms with van der Waals surface area (Å²) in [6, 6.07) is 0.995. The number of primary amides is 1. The summed E-state index contributed by atoms with van der Waals surface area (Å²) in [5.74, 6) is -0.329. The van der Waals surface area contributed by atoms with Crippen LogP contribution in [-0.4, -0.2) is 53.8 Å². The molecule has 6 rings (SSSR count). The number of aromatic nitrogens is 6. The number of hydrogen-bond acceptors (Lipinski definition) is 8. The van der Waals surface area contributed by atoms with Gasteiger partial charge in [0, 0.05) is 33.3 Å². The summed E-state index contributed by atoms with van der Waals surface area (Å²) in [6.45, 7) is -1.94. The van der Waals surface area contributed by atoms with Gasteiger partial charge in [0.2, 0.25) is 5.91 Å². The van der Waals surface area contributed by atoms with E-state index in [2.05, 4.69) is 30.4 Å². The summed E-state index contributed by atoms with van der Waals surface area (Å²) in [4.78, 5) is 46.8. The van der Waals surface area contributed by atoms with Crippen LogP contribution in [0.4, 0.5) is 16.4 Å². The van der Waals surface area contributed by atoms with E-state index in [1.165, 1.54) is 28.5 Å². The number of aryl methyl sites for hydroxylation is 3. The third-order valence-corrected chi connectivity index (χ3v) is 8.04. The fourth-order valence-electron chi connectivity index (χ4n) is 5.84. The van der Waals surface area contributed by atoms with Gasteiger partial charge in [0.05, 0.1) is 36.9 Å². The molecule has 2 amide bonds. The highest BCUT2D eigenvalue weighted by molar-refractivity contribution is 5.90. The molecule has 210 valence electrons. The van der Waals surface area contributed by atoms with Crippen molar-refractivity contribution in [2.24, 2.45) is 18.6 Å². The zero-order valence-corrected chi connectivity index (χ0v) is 22.1. The molecule has 0 aliphatic heterocycles. The first kappa shape index (κ1) is 18.8. The van der Waals surface area contributed by atoms with Gasteiger partial charge in [-0.1, -0.05) is 6.92 Å². The number of alkyl carbamates (subject to hydrolysis) is 1. The van der Waals surface area contributed by atoms with E-state index in [0.29, 0.717) is 23.0 Å². The van der Waals surface area contributed by atoms with Gasteiger partial charge in [-0.05, 0) is 57.0 Å². The van der Waals surface area contributed by atoms with E-state index in [1.807, 2.05) is 6.92 Å². The molecule has 0 bridgehead atoms. The number of carbonyl (C=O) groups excluding carboxylic acids is 2. The summed E-state index contributed by atoms with van der Waals surface area (Å²) in [7, 11) is 1.18. The SMILES string of the molecule is [2H]C([2H])([2H])c1nc([C@@]2(C(N)=O)C[C@@H]2C)n2nc(Nc3cc4c(cn3)n(C([2H])([2H])[2H])c(=O)n4[C@@H]3CC[C@@]([2H])(NC(=O)OC)C3)cc(C)c12. The van der Waals surface area contributed by atoms with Gasteiger partial charge in [-0.2, -0.15) is 0 Å². The Hall–Kier alpha value is -4.42. The molecule has 2 aliphatic carbocycles. The van der Waals surface area contributed by atoms with E-state index in [1.54, 1.807) is 13.0 Å². The Morgan fingerprint density at radius 3 is 2.75 bits per heavy atom. The molecule has 0 aromatic carbocycles. The lowest BCUT2D eigenvalue weighted by Crippen LogP contribution is -2.33. The van der Waals surface area contributed by atoms with Crippen LogP contribution in [-0.2, 0) is 21.9 Å². The Morgan fingerprint density at radius 1 is 1.27 bits per heavy atom. The van der Waals surface area contributed by atoms with Crippen molar-refractivity contribution in [2.75, 3.05) is 12.4 Å². The lowest BCUT2D eigenvalue weighted by atomic mass is 10.0. The third kappa shape index (κ3) is 3.82. The number of methoxy groups -OCH3 is 1.